The molecule has 0 spiro atoms. The van der Waals surface area contributed by atoms with Crippen LogP contribution in [0.15, 0.2) is 24.3 Å². The Balaban J connectivity index is 1.42. The zero-order valence-electron chi connectivity index (χ0n) is 14.2. The summed E-state index contributed by atoms with van der Waals surface area (Å²) in [5.74, 6) is -1.00. The van der Waals surface area contributed by atoms with Gasteiger partial charge in [0.1, 0.15) is 5.82 Å². The zero-order valence-corrected chi connectivity index (χ0v) is 14.2. The number of hydrogen-bond acceptors (Lipinski definition) is 3. The SMILES string of the molecule is O=C(CCN1C(=O)[C@@H]2CCCC[C@H]2C1=O)NCCc1ccc(F)cc1. The molecule has 2 fully saturated rings. The monoisotopic (exact) mass is 346 g/mol. The minimum absolute atomic E-state index is 0.103. The van der Waals surface area contributed by atoms with Gasteiger partial charge in [-0.15, -0.1) is 0 Å². The number of carbonyl (C=O) groups is 3. The van der Waals surface area contributed by atoms with Gasteiger partial charge in [-0.1, -0.05) is 25.0 Å². The highest BCUT2D eigenvalue weighted by Gasteiger charge is 2.47. The Morgan fingerprint density at radius 2 is 1.68 bits per heavy atom. The number of benzene rings is 1. The van der Waals surface area contributed by atoms with Crippen LogP contribution in [0, 0.1) is 17.7 Å². The number of rotatable bonds is 6. The molecule has 0 unspecified atom stereocenters. The first-order valence-electron chi connectivity index (χ1n) is 8.92. The largest absolute Gasteiger partial charge is 0.356 e. The number of hydrogen-bond donors (Lipinski definition) is 1. The maximum atomic E-state index is 12.8. The lowest BCUT2D eigenvalue weighted by Crippen LogP contribution is -2.35. The lowest BCUT2D eigenvalue weighted by molar-refractivity contribution is -0.140. The Morgan fingerprint density at radius 1 is 1.08 bits per heavy atom. The number of imide groups is 1. The van der Waals surface area contributed by atoms with E-state index in [-0.39, 0.29) is 48.3 Å². The third-order valence-corrected chi connectivity index (χ3v) is 5.14. The average Bonchev–Trinajstić information content (AvgIpc) is 2.86. The summed E-state index contributed by atoms with van der Waals surface area (Å²) >= 11 is 0. The molecule has 1 N–H and O–H groups in total. The molecule has 1 aliphatic heterocycles. The van der Waals surface area contributed by atoms with Crippen molar-refractivity contribution in [2.45, 2.75) is 38.5 Å². The predicted octanol–water partition coefficient (Wildman–Crippen LogP) is 2.05. The first-order chi connectivity index (χ1) is 12.1. The van der Waals surface area contributed by atoms with Gasteiger partial charge in [-0.25, -0.2) is 4.39 Å². The van der Waals surface area contributed by atoms with Crippen LogP contribution in [0.1, 0.15) is 37.7 Å². The Morgan fingerprint density at radius 3 is 2.28 bits per heavy atom. The smallest absolute Gasteiger partial charge is 0.233 e. The summed E-state index contributed by atoms with van der Waals surface area (Å²) in [6, 6.07) is 6.15. The minimum atomic E-state index is -0.284. The third-order valence-electron chi connectivity index (χ3n) is 5.14. The zero-order chi connectivity index (χ0) is 17.8. The fraction of sp³-hybridized carbons (Fsp3) is 0.526. The van der Waals surface area contributed by atoms with Crippen LogP contribution in [0.3, 0.4) is 0 Å². The molecule has 0 bridgehead atoms. The summed E-state index contributed by atoms with van der Waals surface area (Å²) in [5.41, 5.74) is 0.940. The van der Waals surface area contributed by atoms with Crippen LogP contribution >= 0.6 is 0 Å². The molecule has 2 aliphatic rings. The van der Waals surface area contributed by atoms with Crippen molar-refractivity contribution in [3.63, 3.8) is 0 Å². The molecule has 0 aromatic heterocycles. The van der Waals surface area contributed by atoms with Gasteiger partial charge >= 0.3 is 0 Å². The molecular weight excluding hydrogens is 323 g/mol. The van der Waals surface area contributed by atoms with Crippen LogP contribution < -0.4 is 5.32 Å². The van der Waals surface area contributed by atoms with Crippen LogP contribution in [0.25, 0.3) is 0 Å². The first-order valence-corrected chi connectivity index (χ1v) is 8.92. The van der Waals surface area contributed by atoms with Crippen molar-refractivity contribution in [1.29, 1.82) is 0 Å². The average molecular weight is 346 g/mol. The van der Waals surface area contributed by atoms with Gasteiger partial charge in [0.05, 0.1) is 11.8 Å². The van der Waals surface area contributed by atoms with Crippen LogP contribution in [-0.4, -0.2) is 35.7 Å². The maximum absolute atomic E-state index is 12.8. The van der Waals surface area contributed by atoms with Gasteiger partial charge in [-0.2, -0.15) is 0 Å². The quantitative estimate of drug-likeness (QED) is 0.802. The van der Waals surface area contributed by atoms with Crippen LogP contribution in [0.5, 0.6) is 0 Å². The molecule has 1 aromatic carbocycles. The van der Waals surface area contributed by atoms with Gasteiger partial charge < -0.3 is 5.32 Å². The number of amides is 3. The molecular formula is C19H23FN2O3. The summed E-state index contributed by atoms with van der Waals surface area (Å²) in [6.45, 7) is 0.602. The van der Waals surface area contributed by atoms with E-state index in [1.807, 2.05) is 0 Å². The van der Waals surface area contributed by atoms with E-state index in [4.69, 9.17) is 0 Å². The van der Waals surface area contributed by atoms with Crippen molar-refractivity contribution in [3.05, 3.63) is 35.6 Å². The highest BCUT2D eigenvalue weighted by molar-refractivity contribution is 6.05. The van der Waals surface area contributed by atoms with Gasteiger partial charge in [0, 0.05) is 19.5 Å². The van der Waals surface area contributed by atoms with Gasteiger partial charge in [0.25, 0.3) is 0 Å². The van der Waals surface area contributed by atoms with E-state index in [2.05, 4.69) is 5.32 Å². The lowest BCUT2D eigenvalue weighted by atomic mass is 9.81. The highest BCUT2D eigenvalue weighted by atomic mass is 19.1. The predicted molar refractivity (Wildman–Crippen MR) is 89.9 cm³/mol. The number of nitrogens with zero attached hydrogens (tertiary/aromatic N) is 1. The van der Waals surface area contributed by atoms with Crippen molar-refractivity contribution in [3.8, 4) is 0 Å². The molecule has 1 heterocycles. The molecule has 2 atom stereocenters. The second kappa shape index (κ2) is 7.76. The summed E-state index contributed by atoms with van der Waals surface area (Å²) in [4.78, 5) is 37.9. The van der Waals surface area contributed by atoms with Crippen LogP contribution in [-0.2, 0) is 20.8 Å². The van der Waals surface area contributed by atoms with Crippen molar-refractivity contribution in [2.75, 3.05) is 13.1 Å². The van der Waals surface area contributed by atoms with E-state index in [9.17, 15) is 18.8 Å². The van der Waals surface area contributed by atoms with Crippen LogP contribution in [0.2, 0.25) is 0 Å². The molecule has 6 heteroatoms. The molecule has 25 heavy (non-hydrogen) atoms. The first kappa shape index (κ1) is 17.6. The van der Waals surface area contributed by atoms with E-state index in [0.717, 1.165) is 31.2 Å². The summed E-state index contributed by atoms with van der Waals surface area (Å²) in [5, 5.41) is 2.78. The standard InChI is InChI=1S/C19H23FN2O3/c20-14-7-5-13(6-8-14)9-11-21-17(23)10-12-22-18(24)15-3-1-2-4-16(15)19(22)25/h5-8,15-16H,1-4,9-12H2,(H,21,23)/t15-,16-/m1/s1. The normalized spacial score (nSPS) is 22.8. The molecule has 1 aromatic rings. The topological polar surface area (TPSA) is 66.5 Å². The fourth-order valence-electron chi connectivity index (χ4n) is 3.75. The minimum Gasteiger partial charge on any atom is -0.356 e. The third kappa shape index (κ3) is 4.06. The molecule has 0 radical (unpaired) electrons. The molecule has 134 valence electrons. The molecule has 5 nitrogen and oxygen atoms in total. The van der Waals surface area contributed by atoms with Crippen molar-refractivity contribution >= 4 is 17.7 Å². The molecule has 3 amide bonds. The van der Waals surface area contributed by atoms with Gasteiger partial charge in [0.15, 0.2) is 0 Å². The molecule has 1 saturated heterocycles. The number of likely N-dealkylation sites (tertiary alicyclic amines) is 1. The lowest BCUT2D eigenvalue weighted by Gasteiger charge is -2.19. The van der Waals surface area contributed by atoms with E-state index < -0.39 is 0 Å². The Hall–Kier alpha value is -2.24. The second-order valence-electron chi connectivity index (χ2n) is 6.80. The van der Waals surface area contributed by atoms with E-state index >= 15 is 0 Å². The Bertz CT molecular complexity index is 635. The summed E-state index contributed by atoms with van der Waals surface area (Å²) in [6.07, 6.45) is 4.30. The number of halogens is 1. The van der Waals surface area contributed by atoms with E-state index in [1.165, 1.54) is 17.0 Å². The van der Waals surface area contributed by atoms with E-state index in [0.29, 0.717) is 13.0 Å². The van der Waals surface area contributed by atoms with Crippen molar-refractivity contribution < 1.29 is 18.8 Å². The highest BCUT2D eigenvalue weighted by Crippen LogP contribution is 2.37. The molecule has 1 aliphatic carbocycles. The van der Waals surface area contributed by atoms with Crippen LogP contribution in [0.4, 0.5) is 4.39 Å². The number of nitrogens with one attached hydrogen (secondary N) is 1. The van der Waals surface area contributed by atoms with Crippen molar-refractivity contribution in [2.24, 2.45) is 11.8 Å². The van der Waals surface area contributed by atoms with Gasteiger partial charge in [0.2, 0.25) is 17.7 Å². The van der Waals surface area contributed by atoms with Crippen molar-refractivity contribution in [1.82, 2.24) is 10.2 Å². The molecule has 3 rings (SSSR count). The summed E-state index contributed by atoms with van der Waals surface area (Å²) < 4.78 is 12.8. The number of carbonyl (C=O) groups excluding carboxylic acids is 3. The maximum Gasteiger partial charge on any atom is 0.233 e. The number of fused-ring (bicyclic) bond motifs is 1. The van der Waals surface area contributed by atoms with Gasteiger partial charge in [-0.3, -0.25) is 19.3 Å². The van der Waals surface area contributed by atoms with E-state index in [1.54, 1.807) is 12.1 Å². The second-order valence-corrected chi connectivity index (χ2v) is 6.80. The summed E-state index contributed by atoms with van der Waals surface area (Å²) in [7, 11) is 0. The molecule has 1 saturated carbocycles. The Kier molecular flexibility index (Phi) is 5.46. The Labute approximate surface area is 146 Å². The fourth-order valence-corrected chi connectivity index (χ4v) is 3.75. The van der Waals surface area contributed by atoms with Gasteiger partial charge in [-0.05, 0) is 37.0 Å².